The summed E-state index contributed by atoms with van der Waals surface area (Å²) in [5.41, 5.74) is 1.94. The number of benzene rings is 2. The molecule has 6 nitrogen and oxygen atoms in total. The first-order chi connectivity index (χ1) is 13.7. The second-order valence-electron chi connectivity index (χ2n) is 6.81. The number of anilines is 1. The highest BCUT2D eigenvalue weighted by molar-refractivity contribution is 6.09. The molecule has 28 heavy (non-hydrogen) atoms. The number of carbonyl (C=O) groups is 2. The van der Waals surface area contributed by atoms with Gasteiger partial charge in [0.1, 0.15) is 0 Å². The van der Waals surface area contributed by atoms with Crippen LogP contribution in [0.5, 0.6) is 0 Å². The number of hydrogen-bond donors (Lipinski definition) is 2. The average Bonchev–Trinajstić information content (AvgIpc) is 2.75. The lowest BCUT2D eigenvalue weighted by Gasteiger charge is -2.26. The predicted octanol–water partition coefficient (Wildman–Crippen LogP) is 2.17. The van der Waals surface area contributed by atoms with Crippen molar-refractivity contribution in [1.29, 1.82) is 0 Å². The molecule has 1 saturated heterocycles. The molecule has 0 aliphatic carbocycles. The lowest BCUT2D eigenvalue weighted by Crippen LogP contribution is -2.38. The number of rotatable bonds is 9. The molecule has 0 radical (unpaired) electrons. The van der Waals surface area contributed by atoms with Crippen LogP contribution >= 0.6 is 0 Å². The van der Waals surface area contributed by atoms with Gasteiger partial charge in [-0.25, -0.2) is 0 Å². The Morgan fingerprint density at radius 1 is 0.929 bits per heavy atom. The summed E-state index contributed by atoms with van der Waals surface area (Å²) in [7, 11) is 0. The van der Waals surface area contributed by atoms with Crippen LogP contribution in [0.2, 0.25) is 0 Å². The molecule has 0 unspecified atom stereocenters. The van der Waals surface area contributed by atoms with Crippen LogP contribution in [-0.4, -0.2) is 62.5 Å². The highest BCUT2D eigenvalue weighted by atomic mass is 16.5. The van der Waals surface area contributed by atoms with Crippen molar-refractivity contribution in [2.24, 2.45) is 0 Å². The van der Waals surface area contributed by atoms with E-state index in [0.717, 1.165) is 45.8 Å². The van der Waals surface area contributed by atoms with E-state index >= 15 is 0 Å². The average molecular weight is 381 g/mol. The van der Waals surface area contributed by atoms with Crippen molar-refractivity contribution in [2.75, 3.05) is 51.3 Å². The molecule has 0 bridgehead atoms. The van der Waals surface area contributed by atoms with Crippen molar-refractivity contribution in [3.8, 4) is 0 Å². The van der Waals surface area contributed by atoms with Crippen LogP contribution in [0.3, 0.4) is 0 Å². The summed E-state index contributed by atoms with van der Waals surface area (Å²) in [4.78, 5) is 26.8. The Kier molecular flexibility index (Phi) is 7.72. The van der Waals surface area contributed by atoms with Crippen LogP contribution in [0.25, 0.3) is 0 Å². The van der Waals surface area contributed by atoms with Gasteiger partial charge in [-0.2, -0.15) is 0 Å². The molecule has 2 aromatic carbocycles. The largest absolute Gasteiger partial charge is 0.379 e. The van der Waals surface area contributed by atoms with Gasteiger partial charge in [0, 0.05) is 29.9 Å². The lowest BCUT2D eigenvalue weighted by molar-refractivity contribution is -0.115. The molecule has 0 atom stereocenters. The Hall–Kier alpha value is -2.54. The number of nitrogens with one attached hydrogen (secondary N) is 2. The monoisotopic (exact) mass is 381 g/mol. The van der Waals surface area contributed by atoms with Crippen LogP contribution in [-0.2, 0) is 9.53 Å². The van der Waals surface area contributed by atoms with Crippen LogP contribution < -0.4 is 10.6 Å². The van der Waals surface area contributed by atoms with Gasteiger partial charge in [-0.15, -0.1) is 0 Å². The summed E-state index contributed by atoms with van der Waals surface area (Å²) in [5.74, 6) is -0.117. The number of amides is 1. The smallest absolute Gasteiger partial charge is 0.238 e. The molecular weight excluding hydrogens is 354 g/mol. The minimum Gasteiger partial charge on any atom is -0.379 e. The summed E-state index contributed by atoms with van der Waals surface area (Å²) in [6.07, 6.45) is 1.00. The first kappa shape index (κ1) is 20.2. The zero-order valence-corrected chi connectivity index (χ0v) is 16.0. The van der Waals surface area contributed by atoms with Crippen LogP contribution in [0.4, 0.5) is 5.69 Å². The maximum atomic E-state index is 12.4. The number of hydrogen-bond acceptors (Lipinski definition) is 5. The van der Waals surface area contributed by atoms with Gasteiger partial charge in [0.15, 0.2) is 5.78 Å². The summed E-state index contributed by atoms with van der Waals surface area (Å²) >= 11 is 0. The topological polar surface area (TPSA) is 70.7 Å². The number of nitrogens with zero attached hydrogens (tertiary/aromatic N) is 1. The Balaban J connectivity index is 1.36. The molecule has 0 saturated carbocycles. The van der Waals surface area contributed by atoms with E-state index in [1.807, 2.05) is 18.2 Å². The first-order valence-electron chi connectivity index (χ1n) is 9.73. The van der Waals surface area contributed by atoms with E-state index in [-0.39, 0.29) is 18.2 Å². The minimum atomic E-state index is -0.0893. The minimum absolute atomic E-state index is 0.0274. The number of morpholine rings is 1. The SMILES string of the molecule is O=C(CNCCCN1CCOCC1)Nc1ccc(C(=O)c2ccccc2)cc1. The lowest BCUT2D eigenvalue weighted by atomic mass is 10.0. The summed E-state index contributed by atoms with van der Waals surface area (Å²) in [5, 5.41) is 6.02. The van der Waals surface area contributed by atoms with E-state index in [1.165, 1.54) is 0 Å². The quantitative estimate of drug-likeness (QED) is 0.515. The van der Waals surface area contributed by atoms with Gasteiger partial charge < -0.3 is 15.4 Å². The number of ether oxygens (including phenoxy) is 1. The van der Waals surface area contributed by atoms with Gasteiger partial charge in [0.25, 0.3) is 0 Å². The molecule has 1 fully saturated rings. The van der Waals surface area contributed by atoms with Gasteiger partial charge in [0.2, 0.25) is 5.91 Å². The number of carbonyl (C=O) groups excluding carboxylic acids is 2. The van der Waals surface area contributed by atoms with Gasteiger partial charge in [-0.05, 0) is 43.8 Å². The third-order valence-electron chi connectivity index (χ3n) is 4.68. The Labute approximate surface area is 165 Å². The summed E-state index contributed by atoms with van der Waals surface area (Å²) < 4.78 is 5.33. The Morgan fingerprint density at radius 2 is 1.61 bits per heavy atom. The molecule has 148 valence electrons. The molecule has 0 spiro atoms. The molecule has 1 amide bonds. The van der Waals surface area contributed by atoms with E-state index < -0.39 is 0 Å². The van der Waals surface area contributed by atoms with Gasteiger partial charge >= 0.3 is 0 Å². The first-order valence-corrected chi connectivity index (χ1v) is 9.73. The third-order valence-corrected chi connectivity index (χ3v) is 4.68. The fraction of sp³-hybridized carbons (Fsp3) is 0.364. The number of ketones is 1. The zero-order chi connectivity index (χ0) is 19.6. The highest BCUT2D eigenvalue weighted by Gasteiger charge is 2.10. The van der Waals surface area contributed by atoms with Crippen LogP contribution in [0.1, 0.15) is 22.3 Å². The van der Waals surface area contributed by atoms with E-state index in [0.29, 0.717) is 16.8 Å². The Morgan fingerprint density at radius 3 is 2.32 bits per heavy atom. The molecule has 6 heteroatoms. The summed E-state index contributed by atoms with van der Waals surface area (Å²) in [6, 6.07) is 16.1. The van der Waals surface area contributed by atoms with Crippen molar-refractivity contribution in [2.45, 2.75) is 6.42 Å². The molecule has 3 rings (SSSR count). The normalized spacial score (nSPS) is 14.6. The third kappa shape index (κ3) is 6.27. The van der Waals surface area contributed by atoms with Crippen molar-refractivity contribution in [3.05, 3.63) is 65.7 Å². The van der Waals surface area contributed by atoms with Crippen molar-refractivity contribution in [3.63, 3.8) is 0 Å². The predicted molar refractivity (Wildman–Crippen MR) is 110 cm³/mol. The van der Waals surface area contributed by atoms with E-state index in [4.69, 9.17) is 4.74 Å². The maximum Gasteiger partial charge on any atom is 0.238 e. The fourth-order valence-electron chi connectivity index (χ4n) is 3.12. The molecular formula is C22H27N3O3. The van der Waals surface area contributed by atoms with Gasteiger partial charge in [-0.3, -0.25) is 14.5 Å². The highest BCUT2D eigenvalue weighted by Crippen LogP contribution is 2.13. The molecule has 0 aromatic heterocycles. The zero-order valence-electron chi connectivity index (χ0n) is 16.0. The maximum absolute atomic E-state index is 12.4. The molecule has 1 aliphatic rings. The second-order valence-corrected chi connectivity index (χ2v) is 6.81. The van der Waals surface area contributed by atoms with E-state index in [2.05, 4.69) is 15.5 Å². The second kappa shape index (κ2) is 10.7. The van der Waals surface area contributed by atoms with Crippen molar-refractivity contribution in [1.82, 2.24) is 10.2 Å². The standard InChI is InChI=1S/C22H27N3O3/c26-21(17-23-11-4-12-25-13-15-28-16-14-25)24-20-9-7-19(8-10-20)22(27)18-5-2-1-3-6-18/h1-3,5-10,23H,4,11-17H2,(H,24,26). The van der Waals surface area contributed by atoms with Crippen molar-refractivity contribution >= 4 is 17.4 Å². The van der Waals surface area contributed by atoms with E-state index in [9.17, 15) is 9.59 Å². The van der Waals surface area contributed by atoms with E-state index in [1.54, 1.807) is 36.4 Å². The van der Waals surface area contributed by atoms with Gasteiger partial charge in [0.05, 0.1) is 19.8 Å². The molecule has 1 heterocycles. The molecule has 2 aromatic rings. The van der Waals surface area contributed by atoms with Crippen LogP contribution in [0, 0.1) is 0 Å². The van der Waals surface area contributed by atoms with Crippen LogP contribution in [0.15, 0.2) is 54.6 Å². The molecule has 2 N–H and O–H groups in total. The van der Waals surface area contributed by atoms with Gasteiger partial charge in [-0.1, -0.05) is 30.3 Å². The Bertz CT molecular complexity index is 756. The fourth-order valence-corrected chi connectivity index (χ4v) is 3.12. The van der Waals surface area contributed by atoms with Crippen molar-refractivity contribution < 1.29 is 14.3 Å². The molecule has 1 aliphatic heterocycles. The summed E-state index contributed by atoms with van der Waals surface area (Å²) in [6.45, 7) is 5.70.